The minimum atomic E-state index is 0.715. The van der Waals surface area contributed by atoms with Gasteiger partial charge in [0.25, 0.3) is 0 Å². The molecule has 2 aromatic heterocycles. The summed E-state index contributed by atoms with van der Waals surface area (Å²) in [6.45, 7) is 4.20. The van der Waals surface area contributed by atoms with Crippen LogP contribution in [0.2, 0.25) is 0 Å². The molecule has 0 saturated heterocycles. The van der Waals surface area contributed by atoms with Crippen LogP contribution in [-0.4, -0.2) is 14.4 Å². The second-order valence-electron chi connectivity index (χ2n) is 4.48. The summed E-state index contributed by atoms with van der Waals surface area (Å²) in [6.07, 6.45) is 5.72. The van der Waals surface area contributed by atoms with Gasteiger partial charge in [0, 0.05) is 24.2 Å². The van der Waals surface area contributed by atoms with E-state index >= 15 is 0 Å². The van der Waals surface area contributed by atoms with E-state index in [1.165, 1.54) is 11.1 Å². The summed E-state index contributed by atoms with van der Waals surface area (Å²) in [5, 5.41) is 0. The lowest BCUT2D eigenvalue weighted by atomic mass is 10.1. The van der Waals surface area contributed by atoms with Crippen LogP contribution in [0, 0.1) is 13.8 Å². The van der Waals surface area contributed by atoms with Gasteiger partial charge in [0.2, 0.25) is 5.78 Å². The number of aryl methyl sites for hydroxylation is 2. The van der Waals surface area contributed by atoms with E-state index in [4.69, 9.17) is 0 Å². The van der Waals surface area contributed by atoms with Crippen LogP contribution >= 0.6 is 15.9 Å². The number of benzene rings is 1. The summed E-state index contributed by atoms with van der Waals surface area (Å²) in [5.74, 6) is 0.715. The van der Waals surface area contributed by atoms with E-state index in [-0.39, 0.29) is 0 Å². The molecule has 0 aliphatic heterocycles. The van der Waals surface area contributed by atoms with E-state index in [0.29, 0.717) is 5.78 Å². The second kappa shape index (κ2) is 4.21. The standard InChI is InChI=1S/C14H12BrN3/c1-9-3-10(2)5-11(4-9)13-8-18-7-12(15)6-16-14(18)17-13/h3-8H,1-2H3. The van der Waals surface area contributed by atoms with Crippen molar-refractivity contribution in [2.24, 2.45) is 0 Å². The maximum atomic E-state index is 4.54. The number of fused-ring (bicyclic) bond motifs is 1. The van der Waals surface area contributed by atoms with Gasteiger partial charge < -0.3 is 0 Å². The molecule has 0 bridgehead atoms. The highest BCUT2D eigenvalue weighted by Crippen LogP contribution is 2.22. The van der Waals surface area contributed by atoms with Gasteiger partial charge in [0.1, 0.15) is 0 Å². The van der Waals surface area contributed by atoms with Gasteiger partial charge in [0.15, 0.2) is 0 Å². The predicted octanol–water partition coefficient (Wildman–Crippen LogP) is 3.78. The quantitative estimate of drug-likeness (QED) is 0.685. The normalized spacial score (nSPS) is 11.1. The molecule has 3 nitrogen and oxygen atoms in total. The van der Waals surface area contributed by atoms with E-state index in [0.717, 1.165) is 15.7 Å². The third kappa shape index (κ3) is 2.04. The van der Waals surface area contributed by atoms with Crippen molar-refractivity contribution in [3.05, 3.63) is 52.4 Å². The molecule has 0 spiro atoms. The lowest BCUT2D eigenvalue weighted by Crippen LogP contribution is -1.85. The smallest absolute Gasteiger partial charge is 0.234 e. The monoisotopic (exact) mass is 301 g/mol. The molecule has 0 atom stereocenters. The SMILES string of the molecule is Cc1cc(C)cc(-c2cn3cc(Br)cnc3n2)c1. The topological polar surface area (TPSA) is 30.2 Å². The first-order valence-electron chi connectivity index (χ1n) is 5.71. The third-order valence-corrected chi connectivity index (χ3v) is 3.21. The van der Waals surface area contributed by atoms with Crippen molar-refractivity contribution in [1.82, 2.24) is 14.4 Å². The number of aromatic nitrogens is 3. The molecule has 4 heteroatoms. The van der Waals surface area contributed by atoms with Crippen LogP contribution in [0.15, 0.2) is 41.3 Å². The number of nitrogens with zero attached hydrogens (tertiary/aromatic N) is 3. The van der Waals surface area contributed by atoms with Crippen molar-refractivity contribution in [3.63, 3.8) is 0 Å². The molecule has 18 heavy (non-hydrogen) atoms. The fourth-order valence-electron chi connectivity index (χ4n) is 2.12. The molecule has 0 unspecified atom stereocenters. The molecule has 0 aliphatic carbocycles. The molecule has 90 valence electrons. The summed E-state index contributed by atoms with van der Waals surface area (Å²) in [5.41, 5.74) is 4.58. The van der Waals surface area contributed by atoms with E-state index < -0.39 is 0 Å². The maximum Gasteiger partial charge on any atom is 0.234 e. The van der Waals surface area contributed by atoms with Crippen LogP contribution in [0.4, 0.5) is 0 Å². The second-order valence-corrected chi connectivity index (χ2v) is 5.40. The summed E-state index contributed by atoms with van der Waals surface area (Å²) in [4.78, 5) is 8.81. The Labute approximate surface area is 114 Å². The minimum absolute atomic E-state index is 0.715. The maximum absolute atomic E-state index is 4.54. The Morgan fingerprint density at radius 2 is 1.78 bits per heavy atom. The lowest BCUT2D eigenvalue weighted by Gasteiger charge is -2.01. The first kappa shape index (κ1) is 11.4. The van der Waals surface area contributed by atoms with Crippen molar-refractivity contribution in [3.8, 4) is 11.3 Å². The number of hydrogen-bond acceptors (Lipinski definition) is 2. The first-order valence-corrected chi connectivity index (χ1v) is 6.50. The molecule has 2 heterocycles. The molecule has 0 N–H and O–H groups in total. The highest BCUT2D eigenvalue weighted by molar-refractivity contribution is 9.10. The van der Waals surface area contributed by atoms with Gasteiger partial charge in [-0.3, -0.25) is 4.40 Å². The van der Waals surface area contributed by atoms with Crippen LogP contribution in [0.25, 0.3) is 17.0 Å². The van der Waals surface area contributed by atoms with Crippen molar-refractivity contribution in [1.29, 1.82) is 0 Å². The molecule has 0 radical (unpaired) electrons. The molecule has 0 fully saturated rings. The van der Waals surface area contributed by atoms with E-state index in [9.17, 15) is 0 Å². The van der Waals surface area contributed by atoms with Crippen LogP contribution < -0.4 is 0 Å². The third-order valence-electron chi connectivity index (χ3n) is 2.80. The highest BCUT2D eigenvalue weighted by atomic mass is 79.9. The zero-order valence-electron chi connectivity index (χ0n) is 10.2. The van der Waals surface area contributed by atoms with E-state index in [1.54, 1.807) is 6.20 Å². The summed E-state index contributed by atoms with van der Waals surface area (Å²) < 4.78 is 2.87. The molecule has 0 saturated carbocycles. The Kier molecular flexibility index (Phi) is 2.67. The van der Waals surface area contributed by atoms with Crippen LogP contribution in [0.5, 0.6) is 0 Å². The Hall–Kier alpha value is -1.68. The van der Waals surface area contributed by atoms with Crippen molar-refractivity contribution in [2.45, 2.75) is 13.8 Å². The number of halogens is 1. The van der Waals surface area contributed by atoms with Crippen LogP contribution in [0.1, 0.15) is 11.1 Å². The van der Waals surface area contributed by atoms with E-state index in [1.807, 2.05) is 16.8 Å². The van der Waals surface area contributed by atoms with Gasteiger partial charge in [-0.15, -0.1) is 0 Å². The number of rotatable bonds is 1. The largest absolute Gasteiger partial charge is 0.289 e. The highest BCUT2D eigenvalue weighted by Gasteiger charge is 2.06. The van der Waals surface area contributed by atoms with Crippen molar-refractivity contribution >= 4 is 21.7 Å². The van der Waals surface area contributed by atoms with E-state index in [2.05, 4.69) is 57.9 Å². The van der Waals surface area contributed by atoms with Crippen molar-refractivity contribution in [2.75, 3.05) is 0 Å². The fraction of sp³-hybridized carbons (Fsp3) is 0.143. The number of hydrogen-bond donors (Lipinski definition) is 0. The van der Waals surface area contributed by atoms with Crippen LogP contribution in [0.3, 0.4) is 0 Å². The summed E-state index contributed by atoms with van der Waals surface area (Å²) in [6, 6.07) is 6.45. The average molecular weight is 302 g/mol. The van der Waals surface area contributed by atoms with Gasteiger partial charge in [-0.25, -0.2) is 9.97 Å². The zero-order valence-corrected chi connectivity index (χ0v) is 11.8. The molecule has 3 aromatic rings. The lowest BCUT2D eigenvalue weighted by molar-refractivity contribution is 1.10. The Bertz CT molecular complexity index is 711. The van der Waals surface area contributed by atoms with Crippen molar-refractivity contribution < 1.29 is 0 Å². The molecular weight excluding hydrogens is 290 g/mol. The Morgan fingerprint density at radius 1 is 1.06 bits per heavy atom. The molecule has 1 aromatic carbocycles. The minimum Gasteiger partial charge on any atom is -0.289 e. The molecule has 0 amide bonds. The first-order chi connectivity index (χ1) is 8.61. The van der Waals surface area contributed by atoms with Gasteiger partial charge in [0.05, 0.1) is 10.2 Å². The zero-order chi connectivity index (χ0) is 12.7. The predicted molar refractivity (Wildman–Crippen MR) is 75.6 cm³/mol. The summed E-state index contributed by atoms with van der Waals surface area (Å²) in [7, 11) is 0. The fourth-order valence-corrected chi connectivity index (χ4v) is 2.44. The Morgan fingerprint density at radius 3 is 2.50 bits per heavy atom. The average Bonchev–Trinajstić information content (AvgIpc) is 2.70. The van der Waals surface area contributed by atoms with Gasteiger partial charge in [-0.1, -0.05) is 17.2 Å². The van der Waals surface area contributed by atoms with Gasteiger partial charge >= 0.3 is 0 Å². The van der Waals surface area contributed by atoms with Gasteiger partial charge in [-0.2, -0.15) is 0 Å². The summed E-state index contributed by atoms with van der Waals surface area (Å²) >= 11 is 3.41. The van der Waals surface area contributed by atoms with Gasteiger partial charge in [-0.05, 0) is 41.9 Å². The Balaban J connectivity index is 2.19. The molecule has 3 rings (SSSR count). The molecular formula is C14H12BrN3. The number of imidazole rings is 1. The van der Waals surface area contributed by atoms with Crippen LogP contribution in [-0.2, 0) is 0 Å². The molecule has 0 aliphatic rings.